The number of hydrogen-bond donors (Lipinski definition) is 2. The van der Waals surface area contributed by atoms with Gasteiger partial charge in [-0.2, -0.15) is 0 Å². The molecule has 0 saturated carbocycles. The second-order valence-electron chi connectivity index (χ2n) is 8.59. The molecule has 6 heteroatoms. The van der Waals surface area contributed by atoms with Gasteiger partial charge in [-0.05, 0) is 42.9 Å². The summed E-state index contributed by atoms with van der Waals surface area (Å²) >= 11 is 0. The monoisotopic (exact) mass is 416 g/mol. The number of carbonyl (C=O) groups excluding carboxylic acids is 1. The summed E-state index contributed by atoms with van der Waals surface area (Å²) in [6.45, 7) is 1.74. The molecule has 2 atom stereocenters. The van der Waals surface area contributed by atoms with Crippen molar-refractivity contribution in [2.75, 3.05) is 25.5 Å². The minimum atomic E-state index is -0.123. The number of carbonyl (C=O) groups is 1. The highest BCUT2D eigenvalue weighted by molar-refractivity contribution is 6.10. The molecule has 0 spiro atoms. The third-order valence-electron chi connectivity index (χ3n) is 6.78. The van der Waals surface area contributed by atoms with Crippen LogP contribution in [0.4, 0.5) is 5.69 Å². The highest BCUT2D eigenvalue weighted by Crippen LogP contribution is 2.44. The van der Waals surface area contributed by atoms with Crippen molar-refractivity contribution in [3.8, 4) is 5.75 Å². The molecule has 1 fully saturated rings. The van der Waals surface area contributed by atoms with Gasteiger partial charge in [0.25, 0.3) is 0 Å². The van der Waals surface area contributed by atoms with Gasteiger partial charge in [-0.3, -0.25) is 15.2 Å². The molecular formula is C25H28N4O2. The molecule has 1 amide bonds. The van der Waals surface area contributed by atoms with Crippen molar-refractivity contribution >= 4 is 23.1 Å². The zero-order chi connectivity index (χ0) is 21.4. The molecule has 2 bridgehead atoms. The maximum absolute atomic E-state index is 13.0. The lowest BCUT2D eigenvalue weighted by atomic mass is 9.81. The maximum atomic E-state index is 13.0. The lowest BCUT2D eigenvalue weighted by molar-refractivity contribution is -0.117. The van der Waals surface area contributed by atoms with Crippen LogP contribution in [0.5, 0.6) is 5.75 Å². The second-order valence-corrected chi connectivity index (χ2v) is 8.59. The van der Waals surface area contributed by atoms with Crippen LogP contribution in [0, 0.1) is 17.2 Å². The Hall–Kier alpha value is -3.15. The summed E-state index contributed by atoms with van der Waals surface area (Å²) in [5.74, 6) is 1.19. The molecule has 5 rings (SSSR count). The van der Waals surface area contributed by atoms with Crippen molar-refractivity contribution in [3.63, 3.8) is 0 Å². The standard InChI is InChI=1S/C25H28N4O2/c1-31-21-11-5-4-10-20(21)27-22(30)15-16-7-6-13-29-14-12-18-17-8-2-3-9-19(17)28-24(18)23(16)25(29)26/h2-5,8,10-11,16,23,26H,6-7,9,12-15H2,1H3,(H,27,30). The van der Waals surface area contributed by atoms with Crippen molar-refractivity contribution in [1.29, 1.82) is 5.41 Å². The summed E-state index contributed by atoms with van der Waals surface area (Å²) in [6.07, 6.45) is 10.5. The topological polar surface area (TPSA) is 77.8 Å². The summed E-state index contributed by atoms with van der Waals surface area (Å²) in [7, 11) is 1.61. The molecule has 1 aromatic carbocycles. The van der Waals surface area contributed by atoms with Crippen LogP contribution in [0.1, 0.15) is 32.1 Å². The van der Waals surface area contributed by atoms with Crippen LogP contribution in [-0.4, -0.2) is 42.6 Å². The van der Waals surface area contributed by atoms with E-state index in [1.807, 2.05) is 24.3 Å². The molecule has 2 N–H and O–H groups in total. The van der Waals surface area contributed by atoms with Gasteiger partial charge in [0.05, 0.1) is 30.1 Å². The summed E-state index contributed by atoms with van der Waals surface area (Å²) in [5, 5.41) is 12.0. The van der Waals surface area contributed by atoms with Gasteiger partial charge in [0.15, 0.2) is 0 Å². The summed E-state index contributed by atoms with van der Waals surface area (Å²) in [6, 6.07) is 7.47. The minimum Gasteiger partial charge on any atom is -0.495 e. The van der Waals surface area contributed by atoms with Crippen LogP contribution in [0.3, 0.4) is 0 Å². The third-order valence-corrected chi connectivity index (χ3v) is 6.78. The molecule has 0 radical (unpaired) electrons. The van der Waals surface area contributed by atoms with E-state index in [-0.39, 0.29) is 17.7 Å². The lowest BCUT2D eigenvalue weighted by Gasteiger charge is -2.28. The van der Waals surface area contributed by atoms with Gasteiger partial charge in [0.1, 0.15) is 11.6 Å². The highest BCUT2D eigenvalue weighted by Gasteiger charge is 2.41. The number of allylic oxidation sites excluding steroid dienone is 4. The minimum absolute atomic E-state index is 0.0360. The van der Waals surface area contributed by atoms with E-state index in [2.05, 4.69) is 28.4 Å². The molecule has 1 aromatic rings. The van der Waals surface area contributed by atoms with E-state index in [0.717, 1.165) is 50.2 Å². The quantitative estimate of drug-likeness (QED) is 0.767. The van der Waals surface area contributed by atoms with E-state index in [0.29, 0.717) is 23.7 Å². The number of rotatable bonds is 4. The maximum Gasteiger partial charge on any atom is 0.224 e. The van der Waals surface area contributed by atoms with Gasteiger partial charge < -0.3 is 15.0 Å². The molecule has 31 heavy (non-hydrogen) atoms. The zero-order valence-corrected chi connectivity index (χ0v) is 17.9. The number of benzene rings is 1. The molecule has 4 aliphatic rings. The molecule has 2 unspecified atom stereocenters. The average Bonchev–Trinajstić information content (AvgIpc) is 2.99. The van der Waals surface area contributed by atoms with E-state index in [9.17, 15) is 4.79 Å². The van der Waals surface area contributed by atoms with E-state index in [1.54, 1.807) is 7.11 Å². The Balaban J connectivity index is 1.43. The van der Waals surface area contributed by atoms with Gasteiger partial charge >= 0.3 is 0 Å². The largest absolute Gasteiger partial charge is 0.495 e. The number of aliphatic imine (C=N–C) groups is 1. The van der Waals surface area contributed by atoms with E-state index >= 15 is 0 Å². The van der Waals surface area contributed by atoms with Gasteiger partial charge in [-0.15, -0.1) is 0 Å². The fourth-order valence-corrected chi connectivity index (χ4v) is 5.29. The number of nitrogens with one attached hydrogen (secondary N) is 2. The Kier molecular flexibility index (Phi) is 5.22. The third kappa shape index (κ3) is 3.60. The Morgan fingerprint density at radius 1 is 1.32 bits per heavy atom. The number of fused-ring (bicyclic) bond motifs is 5. The zero-order valence-electron chi connectivity index (χ0n) is 17.9. The van der Waals surface area contributed by atoms with Gasteiger partial charge in [0, 0.05) is 31.5 Å². The fraction of sp³-hybridized carbons (Fsp3) is 0.400. The average molecular weight is 417 g/mol. The molecule has 1 saturated heterocycles. The van der Waals surface area contributed by atoms with Crippen molar-refractivity contribution in [3.05, 3.63) is 59.3 Å². The van der Waals surface area contributed by atoms with E-state index < -0.39 is 0 Å². The first-order valence-corrected chi connectivity index (χ1v) is 11.1. The molecular weight excluding hydrogens is 388 g/mol. The SMILES string of the molecule is COc1ccccc1NC(=O)CC1CCCN2CCC3=C(N=C4CC=CC=C43)C1C2=N. The van der Waals surface area contributed by atoms with Gasteiger partial charge in [-0.25, -0.2) is 0 Å². The van der Waals surface area contributed by atoms with Crippen LogP contribution in [0.2, 0.25) is 0 Å². The van der Waals surface area contributed by atoms with Crippen molar-refractivity contribution in [2.24, 2.45) is 16.8 Å². The first kappa shape index (κ1) is 19.8. The highest BCUT2D eigenvalue weighted by atomic mass is 16.5. The number of hydrogen-bond acceptors (Lipinski definition) is 4. The van der Waals surface area contributed by atoms with E-state index in [1.165, 1.54) is 11.1 Å². The fourth-order valence-electron chi connectivity index (χ4n) is 5.29. The van der Waals surface area contributed by atoms with Gasteiger partial charge in [0.2, 0.25) is 5.91 Å². The summed E-state index contributed by atoms with van der Waals surface area (Å²) < 4.78 is 5.37. The van der Waals surface area contributed by atoms with Gasteiger partial charge in [-0.1, -0.05) is 30.4 Å². The number of anilines is 1. The Morgan fingerprint density at radius 2 is 2.19 bits per heavy atom. The lowest BCUT2D eigenvalue weighted by Crippen LogP contribution is -2.37. The Bertz CT molecular complexity index is 1050. The number of para-hydroxylation sites is 2. The van der Waals surface area contributed by atoms with E-state index in [4.69, 9.17) is 15.1 Å². The normalized spacial score (nSPS) is 24.5. The predicted octanol–water partition coefficient (Wildman–Crippen LogP) is 4.33. The first-order valence-electron chi connectivity index (χ1n) is 11.1. The van der Waals surface area contributed by atoms with Crippen LogP contribution < -0.4 is 10.1 Å². The van der Waals surface area contributed by atoms with Crippen LogP contribution >= 0.6 is 0 Å². The molecule has 0 aromatic heterocycles. The van der Waals surface area contributed by atoms with Crippen LogP contribution in [-0.2, 0) is 4.79 Å². The number of amides is 1. The molecule has 3 heterocycles. The Labute approximate surface area is 182 Å². The molecule has 1 aliphatic carbocycles. The van der Waals surface area contributed by atoms with Crippen LogP contribution in [0.15, 0.2) is 64.3 Å². The van der Waals surface area contributed by atoms with Crippen molar-refractivity contribution < 1.29 is 9.53 Å². The summed E-state index contributed by atoms with van der Waals surface area (Å²) in [5.41, 5.74) is 5.37. The predicted molar refractivity (Wildman–Crippen MR) is 123 cm³/mol. The number of amidine groups is 1. The molecule has 3 aliphatic heterocycles. The van der Waals surface area contributed by atoms with Crippen molar-refractivity contribution in [1.82, 2.24) is 4.90 Å². The number of nitrogens with zero attached hydrogens (tertiary/aromatic N) is 2. The molecule has 160 valence electrons. The van der Waals surface area contributed by atoms with Crippen LogP contribution in [0.25, 0.3) is 0 Å². The summed E-state index contributed by atoms with van der Waals surface area (Å²) in [4.78, 5) is 20.3. The molecule has 6 nitrogen and oxygen atoms in total. The smallest absolute Gasteiger partial charge is 0.224 e. The number of ether oxygens (including phenoxy) is 1. The van der Waals surface area contributed by atoms with Crippen molar-refractivity contribution in [2.45, 2.75) is 32.1 Å². The Morgan fingerprint density at radius 3 is 3.06 bits per heavy atom. The first-order chi connectivity index (χ1) is 15.2. The number of methoxy groups -OCH3 is 1. The second kappa shape index (κ2) is 8.17.